The van der Waals surface area contributed by atoms with Crippen LogP contribution in [0.25, 0.3) is 20.8 Å². The number of nitrogens with zero attached hydrogens (tertiary/aromatic N) is 3. The summed E-state index contributed by atoms with van der Waals surface area (Å²) in [5.74, 6) is 5.89. The van der Waals surface area contributed by atoms with Crippen LogP contribution in [0.15, 0.2) is 30.3 Å². The molecule has 6 fully saturated rings. The summed E-state index contributed by atoms with van der Waals surface area (Å²) in [5, 5.41) is 4.39. The lowest BCUT2D eigenvalue weighted by molar-refractivity contribution is 0.0524. The van der Waals surface area contributed by atoms with Crippen LogP contribution in [-0.4, -0.2) is 49.4 Å². The second kappa shape index (κ2) is 9.23. The van der Waals surface area contributed by atoms with Gasteiger partial charge < -0.3 is 15.0 Å². The lowest BCUT2D eigenvalue weighted by atomic mass is 9.87. The number of carbonyl (C=O) groups excluding carboxylic acids is 1. The van der Waals surface area contributed by atoms with Gasteiger partial charge in [0.15, 0.2) is 0 Å². The SMILES string of the molecule is CC(C)(C)OC(=O)NCC1C2CN(c3cc(C4CC5C(C4)C5(C)C)c4nc5ccc(=[N+]6CC7C(C6)C7(C)C)cc-5sc4c3)CC12. The number of nitrogens with one attached hydrogen (secondary N) is 1. The van der Waals surface area contributed by atoms with E-state index in [1.54, 1.807) is 0 Å². The van der Waals surface area contributed by atoms with E-state index in [0.29, 0.717) is 34.5 Å². The number of alkyl carbamates (subject to hydrolysis) is 1. The van der Waals surface area contributed by atoms with Gasteiger partial charge in [-0.05, 0) is 104 Å². The lowest BCUT2D eigenvalue weighted by Gasteiger charge is -2.26. The fraction of sp³-hybridized carbons (Fsp3) is 0.658. The number of anilines is 1. The monoisotopic (exact) mass is 625 g/mol. The molecule has 5 aliphatic carbocycles. The summed E-state index contributed by atoms with van der Waals surface area (Å²) in [6.45, 7) is 20.8. The molecule has 0 radical (unpaired) electrons. The number of carbonyl (C=O) groups is 1. The van der Waals surface area contributed by atoms with Crippen molar-refractivity contribution < 1.29 is 9.53 Å². The van der Waals surface area contributed by atoms with Gasteiger partial charge in [0.1, 0.15) is 18.7 Å². The Hall–Kier alpha value is -2.67. The average Bonchev–Trinajstić information content (AvgIpc) is 3.60. The first-order valence-electron chi connectivity index (χ1n) is 17.5. The summed E-state index contributed by atoms with van der Waals surface area (Å²) in [7, 11) is 0. The molecule has 1 N–H and O–H groups in total. The molecule has 6 atom stereocenters. The van der Waals surface area contributed by atoms with Crippen LogP contribution in [0, 0.1) is 52.3 Å². The summed E-state index contributed by atoms with van der Waals surface area (Å²) in [6.07, 6.45) is 2.31. The minimum absolute atomic E-state index is 0.295. The van der Waals surface area contributed by atoms with Gasteiger partial charge in [0, 0.05) is 49.3 Å². The fourth-order valence-electron chi connectivity index (χ4n) is 10.2. The van der Waals surface area contributed by atoms with Crippen LogP contribution in [-0.2, 0) is 4.74 Å². The second-order valence-electron chi connectivity index (χ2n) is 17.7. The molecule has 238 valence electrons. The molecule has 6 nitrogen and oxygen atoms in total. The number of piperidine rings is 2. The van der Waals surface area contributed by atoms with Gasteiger partial charge >= 0.3 is 6.09 Å². The van der Waals surface area contributed by atoms with E-state index in [2.05, 4.69) is 72.8 Å². The van der Waals surface area contributed by atoms with Crippen LogP contribution < -0.4 is 20.1 Å². The van der Waals surface area contributed by atoms with Crippen molar-refractivity contribution in [3.63, 3.8) is 0 Å². The Morgan fingerprint density at radius 3 is 2.33 bits per heavy atom. The Balaban J connectivity index is 1.01. The van der Waals surface area contributed by atoms with Crippen molar-refractivity contribution in [2.24, 2.45) is 52.3 Å². The molecule has 2 saturated heterocycles. The van der Waals surface area contributed by atoms with Crippen molar-refractivity contribution in [1.29, 1.82) is 0 Å². The van der Waals surface area contributed by atoms with E-state index in [9.17, 15) is 4.79 Å². The molecule has 4 saturated carbocycles. The maximum absolute atomic E-state index is 12.2. The Bertz CT molecular complexity index is 1740. The van der Waals surface area contributed by atoms with Crippen molar-refractivity contribution >= 4 is 33.3 Å². The normalized spacial score (nSPS) is 34.9. The maximum Gasteiger partial charge on any atom is 0.407 e. The Morgan fingerprint density at radius 2 is 1.67 bits per heavy atom. The van der Waals surface area contributed by atoms with Crippen LogP contribution in [0.2, 0.25) is 0 Å². The highest BCUT2D eigenvalue weighted by molar-refractivity contribution is 7.21. The first-order valence-corrected chi connectivity index (χ1v) is 18.3. The van der Waals surface area contributed by atoms with Crippen molar-refractivity contribution in [2.45, 2.75) is 72.8 Å². The van der Waals surface area contributed by atoms with Gasteiger partial charge in [-0.2, -0.15) is 0 Å². The molecule has 3 aliphatic heterocycles. The number of fused-ring (bicyclic) bond motifs is 5. The molecule has 1 aromatic rings. The van der Waals surface area contributed by atoms with E-state index in [1.165, 1.54) is 57.6 Å². The smallest absolute Gasteiger partial charge is 0.407 e. The molecule has 0 spiro atoms. The van der Waals surface area contributed by atoms with Crippen LogP contribution >= 0.6 is 11.3 Å². The highest BCUT2D eigenvalue weighted by atomic mass is 32.1. The van der Waals surface area contributed by atoms with Gasteiger partial charge in [-0.3, -0.25) is 0 Å². The third-order valence-electron chi connectivity index (χ3n) is 13.4. The minimum atomic E-state index is -0.460. The molecule has 0 bridgehead atoms. The maximum atomic E-state index is 12.2. The highest BCUT2D eigenvalue weighted by Gasteiger charge is 2.66. The van der Waals surface area contributed by atoms with Crippen molar-refractivity contribution in [3.05, 3.63) is 41.3 Å². The second-order valence-corrected chi connectivity index (χ2v) is 18.8. The molecule has 45 heavy (non-hydrogen) atoms. The highest BCUT2D eigenvalue weighted by Crippen LogP contribution is 2.70. The number of rotatable bonds is 4. The Morgan fingerprint density at radius 1 is 1.00 bits per heavy atom. The van der Waals surface area contributed by atoms with E-state index < -0.39 is 5.60 Å². The molecule has 6 unspecified atom stereocenters. The van der Waals surface area contributed by atoms with Crippen LogP contribution in [0.1, 0.15) is 72.8 Å². The Labute approximate surface area is 271 Å². The molecule has 3 heterocycles. The Kier molecular flexibility index (Phi) is 5.86. The summed E-state index contributed by atoms with van der Waals surface area (Å²) in [4.78, 5) is 21.6. The predicted molar refractivity (Wildman–Crippen MR) is 182 cm³/mol. The number of hydrogen-bond donors (Lipinski definition) is 1. The zero-order chi connectivity index (χ0) is 31.2. The molecule has 7 heteroatoms. The average molecular weight is 626 g/mol. The van der Waals surface area contributed by atoms with E-state index >= 15 is 0 Å². The number of ether oxygens (including phenoxy) is 1. The van der Waals surface area contributed by atoms with E-state index in [-0.39, 0.29) is 6.09 Å². The van der Waals surface area contributed by atoms with E-state index in [1.807, 2.05) is 32.1 Å². The third kappa shape index (κ3) is 4.57. The van der Waals surface area contributed by atoms with Crippen molar-refractivity contribution in [3.8, 4) is 10.6 Å². The number of aromatic nitrogens is 1. The quantitative estimate of drug-likeness (QED) is 0.256. The van der Waals surface area contributed by atoms with Gasteiger partial charge in [-0.15, -0.1) is 11.3 Å². The number of hydrogen-bond acceptors (Lipinski definition) is 5. The molecule has 1 aromatic carbocycles. The van der Waals surface area contributed by atoms with Crippen LogP contribution in [0.3, 0.4) is 0 Å². The van der Waals surface area contributed by atoms with Gasteiger partial charge in [0.2, 0.25) is 5.36 Å². The molecule has 9 rings (SSSR count). The van der Waals surface area contributed by atoms with Gasteiger partial charge in [0.05, 0.1) is 20.8 Å². The summed E-state index contributed by atoms with van der Waals surface area (Å²) in [6, 6.07) is 12.0. The van der Waals surface area contributed by atoms with Crippen LogP contribution in [0.4, 0.5) is 10.5 Å². The van der Waals surface area contributed by atoms with Gasteiger partial charge in [-0.25, -0.2) is 14.4 Å². The standard InChI is InChI=1S/C38H48N4O2S/c1-36(2,3)44-35(43)39-15-24-25-16-41(17-26(24)25)22-12-23(20-10-27-28(11-20)37(27,4)5)34-33(14-22)45-32-13-21(8-9-31(32)40-34)42-18-29-30(19-42)38(29,6)7/h8-9,12-14,20,24-30H,10-11,15-19H2,1-7H3/p+1. The van der Waals surface area contributed by atoms with Crippen molar-refractivity contribution in [2.75, 3.05) is 37.6 Å². The predicted octanol–water partition coefficient (Wildman–Crippen LogP) is 6.82. The lowest BCUT2D eigenvalue weighted by Crippen LogP contribution is -2.35. The number of benzene rings is 2. The first kappa shape index (κ1) is 28.5. The summed E-state index contributed by atoms with van der Waals surface area (Å²) >= 11 is 1.94. The van der Waals surface area contributed by atoms with Crippen molar-refractivity contribution in [1.82, 2.24) is 14.9 Å². The minimum Gasteiger partial charge on any atom is -0.444 e. The fourth-order valence-corrected chi connectivity index (χ4v) is 11.3. The zero-order valence-electron chi connectivity index (χ0n) is 28.0. The molecule has 0 aromatic heterocycles. The molecule has 8 aliphatic rings. The number of amides is 1. The van der Waals surface area contributed by atoms with E-state index in [0.717, 1.165) is 49.0 Å². The van der Waals surface area contributed by atoms with Gasteiger partial charge in [0.25, 0.3) is 0 Å². The van der Waals surface area contributed by atoms with E-state index in [4.69, 9.17) is 9.72 Å². The first-order chi connectivity index (χ1) is 21.3. The largest absolute Gasteiger partial charge is 0.444 e. The van der Waals surface area contributed by atoms with Gasteiger partial charge in [-0.1, -0.05) is 27.7 Å². The molecule has 1 amide bonds. The molecular formula is C38H49N4O2S+. The molecular weight excluding hydrogens is 577 g/mol. The topological polar surface area (TPSA) is 57.5 Å². The summed E-state index contributed by atoms with van der Waals surface area (Å²) in [5.41, 5.74) is 5.83. The van der Waals surface area contributed by atoms with Crippen LogP contribution in [0.5, 0.6) is 0 Å². The summed E-state index contributed by atoms with van der Waals surface area (Å²) < 4.78 is 9.41. The third-order valence-corrected chi connectivity index (χ3v) is 14.5. The zero-order valence-corrected chi connectivity index (χ0v) is 28.8.